The summed E-state index contributed by atoms with van der Waals surface area (Å²) in [6, 6.07) is 2.80. The van der Waals surface area contributed by atoms with Crippen LogP contribution in [0.15, 0.2) is 18.3 Å². The third-order valence-electron chi connectivity index (χ3n) is 4.38. The fraction of sp³-hybridized carbons (Fsp3) is 0.500. The molecule has 1 atom stereocenters. The number of piperidine rings is 1. The Kier molecular flexibility index (Phi) is 6.86. The van der Waals surface area contributed by atoms with Gasteiger partial charge in [0.1, 0.15) is 5.69 Å². The van der Waals surface area contributed by atoms with E-state index in [1.54, 1.807) is 11.8 Å². The Morgan fingerprint density at radius 2 is 2.07 bits per heavy atom. The first-order valence-corrected chi connectivity index (χ1v) is 8.79. The molecule has 2 N–H and O–H groups in total. The van der Waals surface area contributed by atoms with Crippen molar-refractivity contribution in [1.82, 2.24) is 14.8 Å². The van der Waals surface area contributed by atoms with Crippen LogP contribution in [0.25, 0.3) is 0 Å². The smallest absolute Gasteiger partial charge is 0.310 e. The number of carbonyl (C=O) groups excluding carboxylic acids is 4. The molecule has 0 aliphatic carbocycles. The number of esters is 1. The van der Waals surface area contributed by atoms with Crippen LogP contribution in [0.4, 0.5) is 0 Å². The topological polar surface area (TPSA) is 123 Å². The van der Waals surface area contributed by atoms with Crippen LogP contribution in [-0.2, 0) is 14.3 Å². The Morgan fingerprint density at radius 3 is 2.67 bits per heavy atom. The number of pyridine rings is 1. The molecule has 0 aromatic carbocycles. The van der Waals surface area contributed by atoms with E-state index in [0.717, 1.165) is 0 Å². The monoisotopic (exact) mass is 376 g/mol. The molecule has 1 aromatic heterocycles. The lowest BCUT2D eigenvalue weighted by Crippen LogP contribution is -2.47. The SMILES string of the molecule is CCOC(=O)C1CCCN(C(=O)CN(C)C(=O)c2ccc(C(N)=O)cn2)C1. The van der Waals surface area contributed by atoms with Crippen LogP contribution in [0.3, 0.4) is 0 Å². The number of nitrogens with two attached hydrogens (primary N) is 1. The normalized spacial score (nSPS) is 16.5. The maximum absolute atomic E-state index is 12.5. The summed E-state index contributed by atoms with van der Waals surface area (Å²) in [5.41, 5.74) is 5.45. The second kappa shape index (κ2) is 9.11. The van der Waals surface area contributed by atoms with Gasteiger partial charge in [0.2, 0.25) is 11.8 Å². The molecular formula is C18H24N4O5. The average molecular weight is 376 g/mol. The number of primary amides is 1. The van der Waals surface area contributed by atoms with Gasteiger partial charge in [-0.15, -0.1) is 0 Å². The number of likely N-dealkylation sites (N-methyl/N-ethyl adjacent to an activating group) is 1. The van der Waals surface area contributed by atoms with E-state index in [1.807, 2.05) is 0 Å². The fourth-order valence-electron chi connectivity index (χ4n) is 2.89. The molecule has 2 heterocycles. The van der Waals surface area contributed by atoms with Crippen LogP contribution in [0, 0.1) is 5.92 Å². The summed E-state index contributed by atoms with van der Waals surface area (Å²) in [5, 5.41) is 0. The molecule has 0 saturated carbocycles. The summed E-state index contributed by atoms with van der Waals surface area (Å²) in [5.74, 6) is -1.94. The van der Waals surface area contributed by atoms with Crippen molar-refractivity contribution >= 4 is 23.7 Å². The Bertz CT molecular complexity index is 719. The van der Waals surface area contributed by atoms with Crippen molar-refractivity contribution in [1.29, 1.82) is 0 Å². The van der Waals surface area contributed by atoms with E-state index < -0.39 is 11.8 Å². The number of aromatic nitrogens is 1. The van der Waals surface area contributed by atoms with Gasteiger partial charge in [0.05, 0.1) is 24.6 Å². The maximum atomic E-state index is 12.5. The molecule has 0 spiro atoms. The highest BCUT2D eigenvalue weighted by molar-refractivity contribution is 5.96. The number of hydrogen-bond donors (Lipinski definition) is 1. The molecule has 146 valence electrons. The van der Waals surface area contributed by atoms with E-state index in [0.29, 0.717) is 32.5 Å². The van der Waals surface area contributed by atoms with Gasteiger partial charge in [-0.2, -0.15) is 0 Å². The minimum atomic E-state index is -0.633. The van der Waals surface area contributed by atoms with Gasteiger partial charge in [0.25, 0.3) is 5.91 Å². The van der Waals surface area contributed by atoms with Crippen molar-refractivity contribution in [3.05, 3.63) is 29.6 Å². The number of ether oxygens (including phenoxy) is 1. The summed E-state index contributed by atoms with van der Waals surface area (Å²) in [4.78, 5) is 54.6. The number of amides is 3. The largest absolute Gasteiger partial charge is 0.466 e. The molecule has 0 radical (unpaired) electrons. The summed E-state index contributed by atoms with van der Waals surface area (Å²) < 4.78 is 5.03. The summed E-state index contributed by atoms with van der Waals surface area (Å²) in [6.07, 6.45) is 2.62. The number of likely N-dealkylation sites (tertiary alicyclic amines) is 1. The van der Waals surface area contributed by atoms with Gasteiger partial charge in [-0.05, 0) is 31.9 Å². The Balaban J connectivity index is 1.94. The van der Waals surface area contributed by atoms with Gasteiger partial charge in [-0.25, -0.2) is 0 Å². The summed E-state index contributed by atoms with van der Waals surface area (Å²) >= 11 is 0. The molecule has 1 unspecified atom stereocenters. The minimum absolute atomic E-state index is 0.110. The van der Waals surface area contributed by atoms with Gasteiger partial charge >= 0.3 is 5.97 Å². The van der Waals surface area contributed by atoms with E-state index in [1.165, 1.54) is 30.3 Å². The van der Waals surface area contributed by atoms with Crippen LogP contribution in [0.5, 0.6) is 0 Å². The molecule has 1 aromatic rings. The molecule has 1 fully saturated rings. The van der Waals surface area contributed by atoms with Gasteiger partial charge in [-0.1, -0.05) is 0 Å². The molecule has 27 heavy (non-hydrogen) atoms. The zero-order chi connectivity index (χ0) is 20.0. The van der Waals surface area contributed by atoms with Crippen LogP contribution < -0.4 is 5.73 Å². The van der Waals surface area contributed by atoms with E-state index in [-0.39, 0.29) is 35.6 Å². The Morgan fingerprint density at radius 1 is 1.33 bits per heavy atom. The Hall–Kier alpha value is -2.97. The molecule has 1 aliphatic heterocycles. The zero-order valence-electron chi connectivity index (χ0n) is 15.5. The van der Waals surface area contributed by atoms with Crippen molar-refractivity contribution in [2.24, 2.45) is 11.7 Å². The molecular weight excluding hydrogens is 352 g/mol. The van der Waals surface area contributed by atoms with Gasteiger partial charge in [0, 0.05) is 26.3 Å². The average Bonchev–Trinajstić information content (AvgIpc) is 2.67. The lowest BCUT2D eigenvalue weighted by Gasteiger charge is -2.32. The first-order valence-electron chi connectivity index (χ1n) is 8.79. The van der Waals surface area contributed by atoms with Gasteiger partial charge in [0.15, 0.2) is 0 Å². The molecule has 1 saturated heterocycles. The summed E-state index contributed by atoms with van der Waals surface area (Å²) in [7, 11) is 1.50. The molecule has 9 nitrogen and oxygen atoms in total. The molecule has 0 bridgehead atoms. The number of nitrogens with zero attached hydrogens (tertiary/aromatic N) is 3. The van der Waals surface area contributed by atoms with E-state index in [4.69, 9.17) is 10.5 Å². The van der Waals surface area contributed by atoms with Crippen molar-refractivity contribution in [2.75, 3.05) is 33.3 Å². The molecule has 1 aliphatic rings. The van der Waals surface area contributed by atoms with Crippen molar-refractivity contribution < 1.29 is 23.9 Å². The quantitative estimate of drug-likeness (QED) is 0.700. The highest BCUT2D eigenvalue weighted by atomic mass is 16.5. The highest BCUT2D eigenvalue weighted by Crippen LogP contribution is 2.18. The zero-order valence-corrected chi connectivity index (χ0v) is 15.5. The second-order valence-corrected chi connectivity index (χ2v) is 6.39. The molecule has 9 heteroatoms. The third-order valence-corrected chi connectivity index (χ3v) is 4.38. The third kappa shape index (κ3) is 5.25. The van der Waals surface area contributed by atoms with Crippen molar-refractivity contribution in [2.45, 2.75) is 19.8 Å². The maximum Gasteiger partial charge on any atom is 0.310 e. The minimum Gasteiger partial charge on any atom is -0.466 e. The van der Waals surface area contributed by atoms with Gasteiger partial charge in [-0.3, -0.25) is 24.2 Å². The summed E-state index contributed by atoms with van der Waals surface area (Å²) in [6.45, 7) is 2.76. The standard InChI is InChI=1S/C18H24N4O5/c1-3-27-18(26)13-5-4-8-22(10-13)15(23)11-21(2)17(25)14-7-6-12(9-20-14)16(19)24/h6-7,9,13H,3-5,8,10-11H2,1-2H3,(H2,19,24). The first kappa shape index (κ1) is 20.3. The fourth-order valence-corrected chi connectivity index (χ4v) is 2.89. The lowest BCUT2D eigenvalue weighted by atomic mass is 9.98. The molecule has 3 amide bonds. The van der Waals surface area contributed by atoms with Crippen LogP contribution >= 0.6 is 0 Å². The van der Waals surface area contributed by atoms with Crippen LogP contribution in [-0.4, -0.2) is 71.8 Å². The lowest BCUT2D eigenvalue weighted by molar-refractivity contribution is -0.151. The Labute approximate surface area is 157 Å². The second-order valence-electron chi connectivity index (χ2n) is 6.39. The van der Waals surface area contributed by atoms with Crippen LogP contribution in [0.1, 0.15) is 40.6 Å². The predicted octanol–water partition coefficient (Wildman–Crippen LogP) is 0.0542. The predicted molar refractivity (Wildman–Crippen MR) is 95.7 cm³/mol. The van der Waals surface area contributed by atoms with Crippen molar-refractivity contribution in [3.63, 3.8) is 0 Å². The van der Waals surface area contributed by atoms with Crippen molar-refractivity contribution in [3.8, 4) is 0 Å². The van der Waals surface area contributed by atoms with E-state index >= 15 is 0 Å². The van der Waals surface area contributed by atoms with Gasteiger partial charge < -0.3 is 20.3 Å². The number of carbonyl (C=O) groups is 4. The number of rotatable bonds is 6. The van der Waals surface area contributed by atoms with E-state index in [2.05, 4.69) is 4.98 Å². The molecule has 2 rings (SSSR count). The first-order chi connectivity index (χ1) is 12.8. The number of hydrogen-bond acceptors (Lipinski definition) is 6. The van der Waals surface area contributed by atoms with Crippen LogP contribution in [0.2, 0.25) is 0 Å². The highest BCUT2D eigenvalue weighted by Gasteiger charge is 2.30. The van der Waals surface area contributed by atoms with E-state index in [9.17, 15) is 19.2 Å².